The molecule has 10 heteroatoms. The van der Waals surface area contributed by atoms with Gasteiger partial charge in [-0.15, -0.1) is 0 Å². The molecule has 0 spiro atoms. The van der Waals surface area contributed by atoms with Crippen molar-refractivity contribution in [2.24, 2.45) is 0 Å². The molecule has 0 radical (unpaired) electrons. The SMILES string of the molecule is O=c1oc2cc(O)cc(O)c2c(O)c1C1c2ccccc2Oc2c1c(=O)oc1cc(O)cc(O)c21. The number of para-hydroxylation sites is 1. The van der Waals surface area contributed by atoms with Gasteiger partial charge in [-0.3, -0.25) is 0 Å². The average molecular weight is 474 g/mol. The molecule has 0 bridgehead atoms. The molecule has 1 aliphatic heterocycles. The topological polar surface area (TPSA) is 171 Å². The molecule has 3 aromatic carbocycles. The fourth-order valence-corrected chi connectivity index (χ4v) is 4.56. The van der Waals surface area contributed by atoms with Crippen LogP contribution in [-0.4, -0.2) is 25.5 Å². The second-order valence-corrected chi connectivity index (χ2v) is 8.03. The molecule has 2 aromatic heterocycles. The number of aromatic hydroxyl groups is 5. The van der Waals surface area contributed by atoms with Gasteiger partial charge in [0, 0.05) is 29.8 Å². The van der Waals surface area contributed by atoms with Crippen LogP contribution in [0, 0.1) is 0 Å². The summed E-state index contributed by atoms with van der Waals surface area (Å²) in [5.41, 5.74) is -2.71. The summed E-state index contributed by atoms with van der Waals surface area (Å²) >= 11 is 0. The van der Waals surface area contributed by atoms with E-state index >= 15 is 0 Å². The van der Waals surface area contributed by atoms with E-state index in [4.69, 9.17) is 13.6 Å². The first kappa shape index (κ1) is 20.5. The molecular weight excluding hydrogens is 460 g/mol. The van der Waals surface area contributed by atoms with Crippen molar-refractivity contribution in [2.75, 3.05) is 0 Å². The van der Waals surface area contributed by atoms with Crippen LogP contribution in [-0.2, 0) is 0 Å². The first-order valence-electron chi connectivity index (χ1n) is 10.3. The minimum Gasteiger partial charge on any atom is -0.508 e. The Labute approximate surface area is 193 Å². The maximum Gasteiger partial charge on any atom is 0.344 e. The molecule has 0 aliphatic carbocycles. The second kappa shape index (κ2) is 6.94. The van der Waals surface area contributed by atoms with Crippen LogP contribution >= 0.6 is 0 Å². The van der Waals surface area contributed by atoms with Crippen LogP contribution in [0.2, 0.25) is 0 Å². The standard InChI is InChI=1S/C25H14O10/c26-9-5-12(28)18-15(7-9)34-24(31)20(22(18)30)17-11-3-1-2-4-14(11)33-23-19-13(29)6-10(27)8-16(19)35-25(32)21(17)23/h1-8,17,26-30H. The summed E-state index contributed by atoms with van der Waals surface area (Å²) in [5.74, 6) is -3.60. The molecule has 174 valence electrons. The van der Waals surface area contributed by atoms with Gasteiger partial charge in [-0.25, -0.2) is 9.59 Å². The van der Waals surface area contributed by atoms with Gasteiger partial charge in [0.25, 0.3) is 0 Å². The highest BCUT2D eigenvalue weighted by molar-refractivity contribution is 5.94. The Balaban J connectivity index is 1.78. The van der Waals surface area contributed by atoms with Crippen molar-refractivity contribution in [1.29, 1.82) is 0 Å². The first-order chi connectivity index (χ1) is 16.7. The lowest BCUT2D eigenvalue weighted by Crippen LogP contribution is -2.24. The molecule has 1 aliphatic rings. The van der Waals surface area contributed by atoms with Gasteiger partial charge >= 0.3 is 11.3 Å². The smallest absolute Gasteiger partial charge is 0.344 e. The van der Waals surface area contributed by atoms with Crippen molar-refractivity contribution in [2.45, 2.75) is 5.92 Å². The molecule has 0 amide bonds. The molecule has 35 heavy (non-hydrogen) atoms. The van der Waals surface area contributed by atoms with E-state index in [9.17, 15) is 35.1 Å². The summed E-state index contributed by atoms with van der Waals surface area (Å²) in [6, 6.07) is 10.6. The van der Waals surface area contributed by atoms with Gasteiger partial charge in [0.05, 0.1) is 17.0 Å². The van der Waals surface area contributed by atoms with Crippen LogP contribution in [0.3, 0.4) is 0 Å². The Morgan fingerprint density at radius 2 is 1.26 bits per heavy atom. The Morgan fingerprint density at radius 1 is 0.686 bits per heavy atom. The first-order valence-corrected chi connectivity index (χ1v) is 10.3. The van der Waals surface area contributed by atoms with Crippen molar-refractivity contribution < 1.29 is 39.1 Å². The summed E-state index contributed by atoms with van der Waals surface area (Å²) in [4.78, 5) is 26.3. The summed E-state index contributed by atoms with van der Waals surface area (Å²) < 4.78 is 16.6. The molecule has 6 rings (SSSR count). The van der Waals surface area contributed by atoms with Crippen LogP contribution < -0.4 is 16.0 Å². The summed E-state index contributed by atoms with van der Waals surface area (Å²) in [5, 5.41) is 51.3. The number of ether oxygens (including phenoxy) is 1. The summed E-state index contributed by atoms with van der Waals surface area (Å²) in [7, 11) is 0. The van der Waals surface area contributed by atoms with Crippen molar-refractivity contribution in [3.05, 3.63) is 86.1 Å². The zero-order valence-corrected chi connectivity index (χ0v) is 17.5. The molecule has 5 aromatic rings. The van der Waals surface area contributed by atoms with Crippen LogP contribution in [0.25, 0.3) is 21.9 Å². The van der Waals surface area contributed by atoms with E-state index in [0.717, 1.165) is 24.3 Å². The summed E-state index contributed by atoms with van der Waals surface area (Å²) in [6.07, 6.45) is 0. The molecule has 0 saturated carbocycles. The largest absolute Gasteiger partial charge is 0.508 e. The molecule has 3 heterocycles. The number of phenols is 4. The minimum absolute atomic E-state index is 0.0330. The maximum absolute atomic E-state index is 13.2. The highest BCUT2D eigenvalue weighted by atomic mass is 16.5. The molecule has 1 unspecified atom stereocenters. The van der Waals surface area contributed by atoms with Crippen LogP contribution in [0.5, 0.6) is 40.2 Å². The minimum atomic E-state index is -1.28. The number of phenolic OH excluding ortho intramolecular Hbond substituents is 4. The number of fused-ring (bicyclic) bond motifs is 5. The Bertz CT molecular complexity index is 1800. The highest BCUT2D eigenvalue weighted by Crippen LogP contribution is 2.52. The fourth-order valence-electron chi connectivity index (χ4n) is 4.56. The lowest BCUT2D eigenvalue weighted by Gasteiger charge is -2.28. The lowest BCUT2D eigenvalue weighted by molar-refractivity contribution is 0.416. The Kier molecular flexibility index (Phi) is 4.06. The predicted octanol–water partition coefficient (Wildman–Crippen LogP) is 3.71. The van der Waals surface area contributed by atoms with E-state index in [1.165, 1.54) is 0 Å². The third-order valence-corrected chi connectivity index (χ3v) is 5.96. The summed E-state index contributed by atoms with van der Waals surface area (Å²) in [6.45, 7) is 0. The molecule has 0 fully saturated rings. The molecule has 1 atom stereocenters. The molecule has 10 nitrogen and oxygen atoms in total. The van der Waals surface area contributed by atoms with Gasteiger partial charge in [0.2, 0.25) is 0 Å². The van der Waals surface area contributed by atoms with Gasteiger partial charge in [0.15, 0.2) is 5.75 Å². The number of benzene rings is 3. The highest BCUT2D eigenvalue weighted by Gasteiger charge is 2.39. The van der Waals surface area contributed by atoms with E-state index in [2.05, 4.69) is 0 Å². The lowest BCUT2D eigenvalue weighted by atomic mass is 9.82. The quantitative estimate of drug-likeness (QED) is 0.221. The Hall–Kier alpha value is -5.12. The third kappa shape index (κ3) is 2.83. The van der Waals surface area contributed by atoms with E-state index in [1.54, 1.807) is 24.3 Å². The van der Waals surface area contributed by atoms with Gasteiger partial charge in [0.1, 0.15) is 56.4 Å². The van der Waals surface area contributed by atoms with Crippen molar-refractivity contribution in [1.82, 2.24) is 0 Å². The molecule has 0 saturated heterocycles. The van der Waals surface area contributed by atoms with E-state index in [0.29, 0.717) is 5.56 Å². The zero-order chi connectivity index (χ0) is 24.6. The van der Waals surface area contributed by atoms with Gasteiger partial charge in [-0.1, -0.05) is 18.2 Å². The Morgan fingerprint density at radius 3 is 1.94 bits per heavy atom. The van der Waals surface area contributed by atoms with Crippen molar-refractivity contribution in [3.63, 3.8) is 0 Å². The number of rotatable bonds is 1. The van der Waals surface area contributed by atoms with E-state index in [1.807, 2.05) is 0 Å². The van der Waals surface area contributed by atoms with Gasteiger partial charge < -0.3 is 39.1 Å². The number of hydrogen-bond donors (Lipinski definition) is 5. The predicted molar refractivity (Wildman–Crippen MR) is 121 cm³/mol. The van der Waals surface area contributed by atoms with Crippen LogP contribution in [0.1, 0.15) is 22.6 Å². The second-order valence-electron chi connectivity index (χ2n) is 8.03. The van der Waals surface area contributed by atoms with Crippen molar-refractivity contribution >= 4 is 21.9 Å². The normalized spacial score (nSPS) is 14.5. The molecule has 5 N–H and O–H groups in total. The average Bonchev–Trinajstić information content (AvgIpc) is 2.77. The monoisotopic (exact) mass is 474 g/mol. The van der Waals surface area contributed by atoms with E-state index in [-0.39, 0.29) is 50.3 Å². The van der Waals surface area contributed by atoms with E-state index < -0.39 is 40.2 Å². The maximum atomic E-state index is 13.2. The van der Waals surface area contributed by atoms with Crippen molar-refractivity contribution in [3.8, 4) is 40.2 Å². The zero-order valence-electron chi connectivity index (χ0n) is 17.5. The van der Waals surface area contributed by atoms with Gasteiger partial charge in [-0.2, -0.15) is 0 Å². The fraction of sp³-hybridized carbons (Fsp3) is 0.0400. The van der Waals surface area contributed by atoms with Gasteiger partial charge in [-0.05, 0) is 6.07 Å². The van der Waals surface area contributed by atoms with Crippen LogP contribution in [0.15, 0.2) is 67.0 Å². The molecular formula is C25H14O10. The van der Waals surface area contributed by atoms with Crippen LogP contribution in [0.4, 0.5) is 0 Å². The third-order valence-electron chi connectivity index (χ3n) is 5.96. The number of hydrogen-bond acceptors (Lipinski definition) is 10.